The Balaban J connectivity index is 4.06. The van der Waals surface area contributed by atoms with Gasteiger partial charge in [0.15, 0.2) is 5.11 Å². The van der Waals surface area contributed by atoms with Crippen molar-refractivity contribution in [3.05, 3.63) is 0 Å². The number of rotatable bonds is 3. The zero-order valence-corrected chi connectivity index (χ0v) is 7.88. The third kappa shape index (κ3) is 8.20. The van der Waals surface area contributed by atoms with E-state index in [1.807, 2.05) is 0 Å². The average Bonchev–Trinajstić information content (AvgIpc) is 2.00. The van der Waals surface area contributed by atoms with Gasteiger partial charge in [0.25, 0.3) is 0 Å². The number of thiocarbonyl (C=S) groups is 1. The van der Waals surface area contributed by atoms with Crippen LogP contribution in [0.1, 0.15) is 6.92 Å². The quantitative estimate of drug-likeness (QED) is 0.190. The van der Waals surface area contributed by atoms with E-state index >= 15 is 0 Å². The molecular formula is C5H11N7S. The first kappa shape index (κ1) is 11.3. The van der Waals surface area contributed by atoms with Crippen LogP contribution in [0.3, 0.4) is 0 Å². The maximum absolute atomic E-state index is 5.12. The Morgan fingerprint density at radius 1 is 1.38 bits per heavy atom. The molecule has 0 unspecified atom stereocenters. The van der Waals surface area contributed by atoms with E-state index in [1.54, 1.807) is 6.92 Å². The number of guanidine groups is 1. The van der Waals surface area contributed by atoms with Crippen LogP contribution in [0.15, 0.2) is 15.3 Å². The second-order valence-corrected chi connectivity index (χ2v) is 2.44. The number of nitrogens with zero attached hydrogens (tertiary/aromatic N) is 3. The van der Waals surface area contributed by atoms with Crippen LogP contribution >= 0.6 is 12.2 Å². The summed E-state index contributed by atoms with van der Waals surface area (Å²) in [6.45, 7) is 1.68. The maximum Gasteiger partial charge on any atom is 0.211 e. The highest BCUT2D eigenvalue weighted by atomic mass is 32.1. The van der Waals surface area contributed by atoms with Gasteiger partial charge < -0.3 is 17.2 Å². The molecule has 13 heavy (non-hydrogen) atoms. The zero-order valence-electron chi connectivity index (χ0n) is 7.06. The lowest BCUT2D eigenvalue weighted by Gasteiger charge is -1.94. The Hall–Kier alpha value is -1.70. The van der Waals surface area contributed by atoms with Gasteiger partial charge in [-0.25, -0.2) is 0 Å². The van der Waals surface area contributed by atoms with Crippen LogP contribution in [-0.4, -0.2) is 23.0 Å². The van der Waals surface area contributed by atoms with Crippen molar-refractivity contribution in [2.75, 3.05) is 0 Å². The van der Waals surface area contributed by atoms with E-state index in [9.17, 15) is 0 Å². The number of hydrazone groups is 1. The molecule has 8 heteroatoms. The molecule has 0 aliphatic carbocycles. The second-order valence-electron chi connectivity index (χ2n) is 2.00. The molecule has 0 aromatic heterocycles. The lowest BCUT2D eigenvalue weighted by Crippen LogP contribution is -2.25. The number of hydrogen-bond acceptors (Lipinski definition) is 4. The number of hydrogen-bond donors (Lipinski definition) is 4. The molecule has 0 atom stereocenters. The van der Waals surface area contributed by atoms with Gasteiger partial charge in [-0.15, -0.1) is 5.10 Å². The minimum absolute atomic E-state index is 0.0783. The van der Waals surface area contributed by atoms with Crippen molar-refractivity contribution in [2.45, 2.75) is 6.92 Å². The molecule has 7 nitrogen and oxygen atoms in total. The third-order valence-electron chi connectivity index (χ3n) is 0.760. The van der Waals surface area contributed by atoms with Crippen molar-refractivity contribution < 1.29 is 0 Å². The highest BCUT2D eigenvalue weighted by Gasteiger charge is 1.85. The predicted molar refractivity (Wildman–Crippen MR) is 57.3 cm³/mol. The van der Waals surface area contributed by atoms with Gasteiger partial charge in [-0.2, -0.15) is 10.2 Å². The fourth-order valence-electron chi connectivity index (χ4n) is 0.351. The Morgan fingerprint density at radius 3 is 2.46 bits per heavy atom. The van der Waals surface area contributed by atoms with Gasteiger partial charge in [-0.05, 0) is 19.1 Å². The van der Waals surface area contributed by atoms with E-state index in [4.69, 9.17) is 17.2 Å². The summed E-state index contributed by atoms with van der Waals surface area (Å²) in [6, 6.07) is 0. The summed E-state index contributed by atoms with van der Waals surface area (Å²) in [5.41, 5.74) is 18.1. The molecule has 7 N–H and O–H groups in total. The fourth-order valence-corrected chi connectivity index (χ4v) is 0.397. The van der Waals surface area contributed by atoms with Crippen LogP contribution in [0.5, 0.6) is 0 Å². The first-order chi connectivity index (χ1) is 6.02. The van der Waals surface area contributed by atoms with Gasteiger partial charge in [0.1, 0.15) is 0 Å². The number of nitrogens with two attached hydrogens (primary N) is 3. The molecule has 0 radical (unpaired) electrons. The van der Waals surface area contributed by atoms with Gasteiger partial charge in [-0.1, -0.05) is 0 Å². The molecule has 0 aliphatic heterocycles. The molecule has 0 fully saturated rings. The van der Waals surface area contributed by atoms with Crippen molar-refractivity contribution in [1.29, 1.82) is 0 Å². The highest BCUT2D eigenvalue weighted by Crippen LogP contribution is 1.73. The largest absolute Gasteiger partial charge is 0.375 e. The van der Waals surface area contributed by atoms with Crippen LogP contribution in [0.25, 0.3) is 0 Å². The summed E-state index contributed by atoms with van der Waals surface area (Å²) in [5.74, 6) is -0.119. The molecule has 0 rings (SSSR count). The SMILES string of the molecule is CC(/C=N\N=C(N)N)=N\NC(N)=S. The van der Waals surface area contributed by atoms with Gasteiger partial charge in [0.05, 0.1) is 11.9 Å². The van der Waals surface area contributed by atoms with Crippen LogP contribution in [0.2, 0.25) is 0 Å². The molecule has 0 saturated heterocycles. The summed E-state index contributed by atoms with van der Waals surface area (Å²) in [4.78, 5) is 0. The molecule has 0 aliphatic rings. The van der Waals surface area contributed by atoms with Crippen LogP contribution in [-0.2, 0) is 0 Å². The predicted octanol–water partition coefficient (Wildman–Crippen LogP) is -1.55. The summed E-state index contributed by atoms with van der Waals surface area (Å²) in [5, 5.41) is 10.7. The first-order valence-corrected chi connectivity index (χ1v) is 3.65. The summed E-state index contributed by atoms with van der Waals surface area (Å²) in [7, 11) is 0. The van der Waals surface area contributed by atoms with Crippen LogP contribution in [0.4, 0.5) is 0 Å². The normalized spacial score (nSPS) is 11.3. The van der Waals surface area contributed by atoms with Crippen molar-refractivity contribution in [3.8, 4) is 0 Å². The maximum atomic E-state index is 5.12. The van der Waals surface area contributed by atoms with Crippen LogP contribution in [0, 0.1) is 0 Å². The molecule has 0 spiro atoms. The lowest BCUT2D eigenvalue weighted by atomic mass is 10.5. The van der Waals surface area contributed by atoms with Crippen molar-refractivity contribution in [3.63, 3.8) is 0 Å². The summed E-state index contributed by atoms with van der Waals surface area (Å²) < 4.78 is 0. The topological polar surface area (TPSA) is 127 Å². The van der Waals surface area contributed by atoms with Crippen molar-refractivity contribution in [2.24, 2.45) is 32.5 Å². The van der Waals surface area contributed by atoms with E-state index in [2.05, 4.69) is 32.9 Å². The molecular weight excluding hydrogens is 190 g/mol. The van der Waals surface area contributed by atoms with E-state index in [-0.39, 0.29) is 11.1 Å². The highest BCUT2D eigenvalue weighted by molar-refractivity contribution is 7.80. The molecule has 0 aromatic carbocycles. The van der Waals surface area contributed by atoms with Gasteiger partial charge in [0.2, 0.25) is 5.96 Å². The van der Waals surface area contributed by atoms with Crippen LogP contribution < -0.4 is 22.6 Å². The van der Waals surface area contributed by atoms with Gasteiger partial charge >= 0.3 is 0 Å². The standard InChI is InChI=1S/C5H11N7S/c1-3(10-12-5(8)13)2-9-11-4(6)7/h2H,1H3,(H4,6,7,11)(H3,8,12,13)/b9-2-,10-3+. The van der Waals surface area contributed by atoms with E-state index < -0.39 is 0 Å². The Labute approximate surface area is 80.8 Å². The third-order valence-corrected chi connectivity index (χ3v) is 0.852. The monoisotopic (exact) mass is 201 g/mol. The minimum atomic E-state index is -0.119. The molecule has 0 saturated carbocycles. The molecule has 0 bridgehead atoms. The van der Waals surface area contributed by atoms with Gasteiger partial charge in [-0.3, -0.25) is 5.43 Å². The molecule has 0 aromatic rings. The van der Waals surface area contributed by atoms with E-state index in [1.165, 1.54) is 6.21 Å². The molecule has 0 heterocycles. The van der Waals surface area contributed by atoms with Crippen molar-refractivity contribution in [1.82, 2.24) is 5.43 Å². The van der Waals surface area contributed by atoms with Gasteiger partial charge in [0, 0.05) is 0 Å². The second kappa shape index (κ2) is 5.89. The molecule has 72 valence electrons. The Morgan fingerprint density at radius 2 is 2.00 bits per heavy atom. The average molecular weight is 201 g/mol. The number of nitrogens with one attached hydrogen (secondary N) is 1. The van der Waals surface area contributed by atoms with E-state index in [0.717, 1.165) is 0 Å². The smallest absolute Gasteiger partial charge is 0.211 e. The Kier molecular flexibility index (Phi) is 5.12. The fraction of sp³-hybridized carbons (Fsp3) is 0.200. The minimum Gasteiger partial charge on any atom is -0.375 e. The zero-order chi connectivity index (χ0) is 10.3. The summed E-state index contributed by atoms with van der Waals surface area (Å²) in [6.07, 6.45) is 1.35. The lowest BCUT2D eigenvalue weighted by molar-refractivity contribution is 1.03. The molecule has 0 amide bonds. The summed E-state index contributed by atoms with van der Waals surface area (Å²) >= 11 is 4.52. The van der Waals surface area contributed by atoms with E-state index in [0.29, 0.717) is 5.71 Å². The Bertz CT molecular complexity index is 262. The van der Waals surface area contributed by atoms with Crippen molar-refractivity contribution >= 4 is 35.2 Å². The first-order valence-electron chi connectivity index (χ1n) is 3.24.